The van der Waals surface area contributed by atoms with Gasteiger partial charge in [0.15, 0.2) is 0 Å². The number of nitrogens with one attached hydrogen (secondary N) is 2. The molecule has 0 aliphatic carbocycles. The molecule has 1 saturated heterocycles. The van der Waals surface area contributed by atoms with Crippen LogP contribution in [0.25, 0.3) is 10.8 Å². The predicted molar refractivity (Wildman–Crippen MR) is 133 cm³/mol. The van der Waals surface area contributed by atoms with Crippen LogP contribution in [-0.4, -0.2) is 42.2 Å². The first-order valence-electron chi connectivity index (χ1n) is 11.1. The number of nitrogens with zero attached hydrogens (tertiary/aromatic N) is 4. The second-order valence-corrected chi connectivity index (χ2v) is 8.02. The second-order valence-electron chi connectivity index (χ2n) is 8.02. The van der Waals surface area contributed by atoms with Gasteiger partial charge in [-0.1, -0.05) is 60.7 Å². The van der Waals surface area contributed by atoms with Gasteiger partial charge in [0.1, 0.15) is 18.0 Å². The number of piperazine rings is 1. The van der Waals surface area contributed by atoms with Gasteiger partial charge in [0, 0.05) is 44.5 Å². The zero-order valence-corrected chi connectivity index (χ0v) is 18.3. The molecule has 0 atom stereocenters. The third kappa shape index (κ3) is 4.87. The van der Waals surface area contributed by atoms with E-state index in [4.69, 9.17) is 0 Å². The van der Waals surface area contributed by atoms with Crippen LogP contribution in [0.1, 0.15) is 5.56 Å². The Morgan fingerprint density at radius 3 is 2.39 bits per heavy atom. The van der Waals surface area contributed by atoms with Gasteiger partial charge in [0.2, 0.25) is 0 Å². The molecule has 1 aliphatic heterocycles. The van der Waals surface area contributed by atoms with Crippen LogP contribution in [0.4, 0.5) is 22.1 Å². The maximum atomic E-state index is 12.5. The van der Waals surface area contributed by atoms with Crippen LogP contribution in [0.2, 0.25) is 0 Å². The minimum atomic E-state index is -0.290. The summed E-state index contributed by atoms with van der Waals surface area (Å²) in [5.74, 6) is 1.31. The highest BCUT2D eigenvalue weighted by molar-refractivity contribution is 5.90. The monoisotopic (exact) mass is 438 g/mol. The fraction of sp³-hybridized carbons (Fsp3) is 0.192. The fourth-order valence-electron chi connectivity index (χ4n) is 4.20. The van der Waals surface area contributed by atoms with Crippen molar-refractivity contribution in [2.24, 2.45) is 0 Å². The van der Waals surface area contributed by atoms with E-state index in [9.17, 15) is 4.79 Å². The van der Waals surface area contributed by atoms with Crippen molar-refractivity contribution >= 4 is 34.1 Å². The second kappa shape index (κ2) is 9.56. The highest BCUT2D eigenvalue weighted by atomic mass is 16.2. The van der Waals surface area contributed by atoms with Crippen molar-refractivity contribution in [3.63, 3.8) is 0 Å². The lowest BCUT2D eigenvalue weighted by molar-refractivity contribution is 0.251. The number of fused-ring (bicyclic) bond motifs is 1. The van der Waals surface area contributed by atoms with Gasteiger partial charge in [0.05, 0.1) is 0 Å². The molecule has 0 saturated carbocycles. The van der Waals surface area contributed by atoms with E-state index in [0.717, 1.165) is 48.3 Å². The summed E-state index contributed by atoms with van der Waals surface area (Å²) in [5.41, 5.74) is 2.31. The number of amides is 2. The molecular formula is C26H26N6O. The normalized spacial score (nSPS) is 13.7. The number of benzene rings is 3. The number of carbonyl (C=O) groups is 1. The molecule has 7 nitrogen and oxygen atoms in total. The summed E-state index contributed by atoms with van der Waals surface area (Å²) in [7, 11) is 0. The van der Waals surface area contributed by atoms with Gasteiger partial charge in [0.25, 0.3) is 0 Å². The average Bonchev–Trinajstić information content (AvgIpc) is 2.88. The zero-order valence-electron chi connectivity index (χ0n) is 18.3. The molecule has 1 aromatic heterocycles. The Hall–Kier alpha value is -4.13. The molecule has 166 valence electrons. The Morgan fingerprint density at radius 1 is 0.818 bits per heavy atom. The number of carbonyl (C=O) groups excluding carboxylic acids is 1. The van der Waals surface area contributed by atoms with Crippen LogP contribution in [-0.2, 0) is 6.54 Å². The van der Waals surface area contributed by atoms with E-state index in [1.165, 1.54) is 12.0 Å². The van der Waals surface area contributed by atoms with Crippen molar-refractivity contribution in [2.45, 2.75) is 6.54 Å². The van der Waals surface area contributed by atoms with E-state index in [-0.39, 0.29) is 6.03 Å². The van der Waals surface area contributed by atoms with Crippen molar-refractivity contribution in [1.82, 2.24) is 15.3 Å². The topological polar surface area (TPSA) is 73.4 Å². The maximum Gasteiger partial charge on any atom is 0.320 e. The molecule has 0 spiro atoms. The lowest BCUT2D eigenvalue weighted by atomic mass is 10.0. The Balaban J connectivity index is 1.18. The van der Waals surface area contributed by atoms with Crippen LogP contribution in [0.3, 0.4) is 0 Å². The minimum Gasteiger partial charge on any atom is -0.368 e. The van der Waals surface area contributed by atoms with Crippen LogP contribution in [0, 0.1) is 0 Å². The quantitative estimate of drug-likeness (QED) is 0.487. The van der Waals surface area contributed by atoms with E-state index in [0.29, 0.717) is 12.4 Å². The molecule has 4 aromatic rings. The molecule has 33 heavy (non-hydrogen) atoms. The Kier molecular flexibility index (Phi) is 6.01. The molecule has 0 radical (unpaired) electrons. The average molecular weight is 439 g/mol. The minimum absolute atomic E-state index is 0.290. The van der Waals surface area contributed by atoms with Crippen LogP contribution in [0.15, 0.2) is 85.2 Å². The highest BCUT2D eigenvalue weighted by Gasteiger charge is 2.19. The zero-order chi connectivity index (χ0) is 22.5. The Bertz CT molecular complexity index is 1230. The maximum absolute atomic E-state index is 12.5. The van der Waals surface area contributed by atoms with Gasteiger partial charge in [-0.15, -0.1) is 0 Å². The summed E-state index contributed by atoms with van der Waals surface area (Å²) >= 11 is 0. The summed E-state index contributed by atoms with van der Waals surface area (Å²) in [5, 5.41) is 8.06. The first-order valence-corrected chi connectivity index (χ1v) is 11.1. The largest absolute Gasteiger partial charge is 0.368 e. The summed E-state index contributed by atoms with van der Waals surface area (Å²) < 4.78 is 0. The van der Waals surface area contributed by atoms with Gasteiger partial charge in [-0.25, -0.2) is 14.8 Å². The van der Waals surface area contributed by atoms with Crippen molar-refractivity contribution in [1.29, 1.82) is 0 Å². The summed E-state index contributed by atoms with van der Waals surface area (Å²) in [6.07, 6.45) is 1.50. The van der Waals surface area contributed by atoms with Gasteiger partial charge in [-0.2, -0.15) is 0 Å². The van der Waals surface area contributed by atoms with Gasteiger partial charge < -0.3 is 15.1 Å². The Morgan fingerprint density at radius 2 is 1.55 bits per heavy atom. The van der Waals surface area contributed by atoms with Crippen LogP contribution in [0.5, 0.6) is 0 Å². The molecule has 5 rings (SSSR count). The predicted octanol–water partition coefficient (Wildman–Crippen LogP) is 4.28. The lowest BCUT2D eigenvalue weighted by Gasteiger charge is -2.36. The smallest absolute Gasteiger partial charge is 0.320 e. The molecule has 2 amide bonds. The van der Waals surface area contributed by atoms with E-state index in [2.05, 4.69) is 72.9 Å². The molecule has 7 heteroatoms. The number of hydrogen-bond donors (Lipinski definition) is 2. The highest BCUT2D eigenvalue weighted by Crippen LogP contribution is 2.21. The SMILES string of the molecule is O=C(NCc1cccc2ccccc12)Nc1cc(N2CCN(c3ccccc3)CC2)ncn1. The third-order valence-corrected chi connectivity index (χ3v) is 5.94. The summed E-state index contributed by atoms with van der Waals surface area (Å²) in [6, 6.07) is 26.2. The summed E-state index contributed by atoms with van der Waals surface area (Å²) in [4.78, 5) is 25.7. The number of rotatable bonds is 5. The van der Waals surface area contributed by atoms with E-state index in [1.807, 2.05) is 36.4 Å². The molecule has 3 aromatic carbocycles. The van der Waals surface area contributed by atoms with Gasteiger partial charge in [-0.05, 0) is 28.5 Å². The van der Waals surface area contributed by atoms with Crippen LogP contribution < -0.4 is 20.4 Å². The number of hydrogen-bond acceptors (Lipinski definition) is 5. The number of anilines is 3. The first kappa shape index (κ1) is 20.8. The van der Waals surface area contributed by atoms with Gasteiger partial charge >= 0.3 is 6.03 Å². The first-order chi connectivity index (χ1) is 16.3. The van der Waals surface area contributed by atoms with E-state index < -0.39 is 0 Å². The fourth-order valence-corrected chi connectivity index (χ4v) is 4.20. The van der Waals surface area contributed by atoms with Gasteiger partial charge in [-0.3, -0.25) is 5.32 Å². The lowest BCUT2D eigenvalue weighted by Crippen LogP contribution is -2.46. The van der Waals surface area contributed by atoms with Crippen molar-refractivity contribution in [2.75, 3.05) is 41.3 Å². The molecule has 1 aliphatic rings. The molecule has 2 heterocycles. The Labute approximate surface area is 193 Å². The van der Waals surface area contributed by atoms with E-state index in [1.54, 1.807) is 0 Å². The number of aromatic nitrogens is 2. The third-order valence-electron chi connectivity index (χ3n) is 5.94. The standard InChI is InChI=1S/C26H26N6O/c33-26(27-18-21-9-6-8-20-7-4-5-12-23(20)21)30-24-17-25(29-19-28-24)32-15-13-31(14-16-32)22-10-2-1-3-11-22/h1-12,17,19H,13-16,18H2,(H2,27,28,29,30,33). The van der Waals surface area contributed by atoms with Crippen molar-refractivity contribution in [3.05, 3.63) is 90.8 Å². The number of urea groups is 1. The van der Waals surface area contributed by atoms with Crippen LogP contribution >= 0.6 is 0 Å². The molecular weight excluding hydrogens is 412 g/mol. The molecule has 0 bridgehead atoms. The van der Waals surface area contributed by atoms with E-state index >= 15 is 0 Å². The van der Waals surface area contributed by atoms with Crippen molar-refractivity contribution in [3.8, 4) is 0 Å². The molecule has 2 N–H and O–H groups in total. The molecule has 1 fully saturated rings. The summed E-state index contributed by atoms with van der Waals surface area (Å²) in [6.45, 7) is 3.99. The van der Waals surface area contributed by atoms with Crippen molar-refractivity contribution < 1.29 is 4.79 Å². The molecule has 0 unspecified atom stereocenters. The number of para-hydroxylation sites is 1.